The van der Waals surface area contributed by atoms with Gasteiger partial charge in [-0.25, -0.2) is 0 Å². The summed E-state index contributed by atoms with van der Waals surface area (Å²) in [5.74, 6) is 0.241. The van der Waals surface area contributed by atoms with Crippen molar-refractivity contribution in [1.82, 2.24) is 9.80 Å². The Hall–Kier alpha value is -1.35. The Balaban J connectivity index is 1.74. The molecule has 1 heterocycles. The van der Waals surface area contributed by atoms with Gasteiger partial charge in [-0.2, -0.15) is 0 Å². The van der Waals surface area contributed by atoms with Crippen molar-refractivity contribution in [3.05, 3.63) is 35.9 Å². The monoisotopic (exact) mass is 246 g/mol. The highest BCUT2D eigenvalue weighted by molar-refractivity contribution is 5.76. The Bertz CT molecular complexity index is 371. The van der Waals surface area contributed by atoms with Crippen molar-refractivity contribution in [2.24, 2.45) is 0 Å². The second-order valence-electron chi connectivity index (χ2n) is 5.03. The number of benzene rings is 1. The fourth-order valence-electron chi connectivity index (χ4n) is 2.40. The number of carbonyl (C=O) groups is 1. The summed E-state index contributed by atoms with van der Waals surface area (Å²) in [4.78, 5) is 16.2. The van der Waals surface area contributed by atoms with E-state index in [1.807, 2.05) is 30.1 Å². The molecule has 1 aromatic rings. The molecule has 2 rings (SSSR count). The van der Waals surface area contributed by atoms with Crippen molar-refractivity contribution in [3.63, 3.8) is 0 Å². The summed E-state index contributed by atoms with van der Waals surface area (Å²) >= 11 is 0. The molecule has 0 aromatic heterocycles. The van der Waals surface area contributed by atoms with Crippen LogP contribution in [0, 0.1) is 0 Å². The van der Waals surface area contributed by atoms with Gasteiger partial charge in [0.25, 0.3) is 0 Å². The van der Waals surface area contributed by atoms with Crippen LogP contribution in [0.3, 0.4) is 0 Å². The molecule has 1 saturated heterocycles. The zero-order chi connectivity index (χ0) is 12.8. The Kier molecular flexibility index (Phi) is 4.76. The maximum atomic E-state index is 12.0. The van der Waals surface area contributed by atoms with Crippen LogP contribution in [-0.4, -0.2) is 42.4 Å². The lowest BCUT2D eigenvalue weighted by Crippen LogP contribution is -2.30. The molecule has 3 heteroatoms. The lowest BCUT2D eigenvalue weighted by Gasteiger charge is -2.19. The normalized spacial score (nSPS) is 15.8. The highest BCUT2D eigenvalue weighted by Crippen LogP contribution is 2.09. The van der Waals surface area contributed by atoms with Crippen LogP contribution in [-0.2, 0) is 11.3 Å². The van der Waals surface area contributed by atoms with Crippen molar-refractivity contribution in [3.8, 4) is 0 Å². The summed E-state index contributed by atoms with van der Waals surface area (Å²) in [5.41, 5.74) is 1.19. The average Bonchev–Trinajstić information content (AvgIpc) is 2.90. The van der Waals surface area contributed by atoms with E-state index in [4.69, 9.17) is 0 Å². The summed E-state index contributed by atoms with van der Waals surface area (Å²) in [5, 5.41) is 0. The molecule has 0 bridgehead atoms. The van der Waals surface area contributed by atoms with Gasteiger partial charge in [-0.15, -0.1) is 0 Å². The average molecular weight is 246 g/mol. The fraction of sp³-hybridized carbons (Fsp3) is 0.533. The van der Waals surface area contributed by atoms with Gasteiger partial charge in [-0.1, -0.05) is 30.3 Å². The van der Waals surface area contributed by atoms with Gasteiger partial charge in [0.05, 0.1) is 0 Å². The molecular formula is C15H22N2O. The van der Waals surface area contributed by atoms with Crippen LogP contribution in [0.25, 0.3) is 0 Å². The van der Waals surface area contributed by atoms with E-state index in [-0.39, 0.29) is 5.91 Å². The smallest absolute Gasteiger partial charge is 0.223 e. The van der Waals surface area contributed by atoms with Crippen molar-refractivity contribution in [1.29, 1.82) is 0 Å². The van der Waals surface area contributed by atoms with Crippen LogP contribution in [0.4, 0.5) is 0 Å². The van der Waals surface area contributed by atoms with Crippen LogP contribution in [0.15, 0.2) is 30.3 Å². The quantitative estimate of drug-likeness (QED) is 0.794. The number of hydrogen-bond acceptors (Lipinski definition) is 2. The van der Waals surface area contributed by atoms with Crippen LogP contribution in [0.5, 0.6) is 0 Å². The van der Waals surface area contributed by atoms with E-state index in [2.05, 4.69) is 17.0 Å². The molecule has 0 radical (unpaired) electrons. The molecule has 0 spiro atoms. The van der Waals surface area contributed by atoms with Crippen LogP contribution in [0.2, 0.25) is 0 Å². The number of carbonyl (C=O) groups excluding carboxylic acids is 1. The first-order chi connectivity index (χ1) is 8.75. The number of amides is 1. The third kappa shape index (κ3) is 3.84. The predicted octanol–water partition coefficient (Wildman–Crippen LogP) is 2.13. The zero-order valence-electron chi connectivity index (χ0n) is 11.1. The van der Waals surface area contributed by atoms with Crippen molar-refractivity contribution < 1.29 is 4.79 Å². The first-order valence-electron chi connectivity index (χ1n) is 6.76. The van der Waals surface area contributed by atoms with Crippen molar-refractivity contribution >= 4 is 5.91 Å². The number of hydrogen-bond donors (Lipinski definition) is 0. The van der Waals surface area contributed by atoms with E-state index < -0.39 is 0 Å². The van der Waals surface area contributed by atoms with Gasteiger partial charge < -0.3 is 9.80 Å². The minimum absolute atomic E-state index is 0.241. The zero-order valence-corrected chi connectivity index (χ0v) is 11.1. The van der Waals surface area contributed by atoms with E-state index in [0.717, 1.165) is 19.6 Å². The molecule has 1 amide bonds. The maximum absolute atomic E-state index is 12.0. The molecule has 0 saturated carbocycles. The molecule has 1 aliphatic heterocycles. The van der Waals surface area contributed by atoms with Gasteiger partial charge in [-0.05, 0) is 31.5 Å². The molecule has 3 nitrogen and oxygen atoms in total. The molecule has 98 valence electrons. The van der Waals surface area contributed by atoms with E-state index in [1.165, 1.54) is 18.4 Å². The topological polar surface area (TPSA) is 23.6 Å². The van der Waals surface area contributed by atoms with Gasteiger partial charge in [-0.3, -0.25) is 4.79 Å². The Morgan fingerprint density at radius 1 is 1.22 bits per heavy atom. The minimum atomic E-state index is 0.241. The third-order valence-electron chi connectivity index (χ3n) is 3.53. The summed E-state index contributed by atoms with van der Waals surface area (Å²) in [7, 11) is 1.89. The number of likely N-dealkylation sites (tertiary alicyclic amines) is 1. The van der Waals surface area contributed by atoms with Crippen LogP contribution < -0.4 is 0 Å². The van der Waals surface area contributed by atoms with E-state index in [0.29, 0.717) is 13.0 Å². The molecule has 1 aliphatic rings. The lowest BCUT2D eigenvalue weighted by molar-refractivity contribution is -0.130. The summed E-state index contributed by atoms with van der Waals surface area (Å²) < 4.78 is 0. The van der Waals surface area contributed by atoms with Gasteiger partial charge >= 0.3 is 0 Å². The van der Waals surface area contributed by atoms with Crippen LogP contribution >= 0.6 is 0 Å². The Morgan fingerprint density at radius 3 is 2.56 bits per heavy atom. The highest BCUT2D eigenvalue weighted by atomic mass is 16.2. The molecule has 18 heavy (non-hydrogen) atoms. The summed E-state index contributed by atoms with van der Waals surface area (Å²) in [6.45, 7) is 3.95. The summed E-state index contributed by atoms with van der Waals surface area (Å²) in [6.07, 6.45) is 3.21. The molecule has 0 aliphatic carbocycles. The molecule has 0 unspecified atom stereocenters. The van der Waals surface area contributed by atoms with Gasteiger partial charge in [0.1, 0.15) is 0 Å². The second-order valence-corrected chi connectivity index (χ2v) is 5.03. The van der Waals surface area contributed by atoms with E-state index in [1.54, 1.807) is 0 Å². The summed E-state index contributed by atoms with van der Waals surface area (Å²) in [6, 6.07) is 10.1. The SMILES string of the molecule is CN(Cc1ccccc1)C(=O)CCN1CCCC1. The predicted molar refractivity (Wildman–Crippen MR) is 73.2 cm³/mol. The largest absolute Gasteiger partial charge is 0.341 e. The first kappa shape index (κ1) is 13.1. The Labute approximate surface area is 109 Å². The van der Waals surface area contributed by atoms with Crippen LogP contribution in [0.1, 0.15) is 24.8 Å². The van der Waals surface area contributed by atoms with Crippen molar-refractivity contribution in [2.75, 3.05) is 26.7 Å². The van der Waals surface area contributed by atoms with Gasteiger partial charge in [0.2, 0.25) is 5.91 Å². The first-order valence-corrected chi connectivity index (χ1v) is 6.76. The van der Waals surface area contributed by atoms with E-state index in [9.17, 15) is 4.79 Å². The third-order valence-corrected chi connectivity index (χ3v) is 3.53. The Morgan fingerprint density at radius 2 is 1.89 bits per heavy atom. The molecule has 1 aromatic carbocycles. The second kappa shape index (κ2) is 6.55. The minimum Gasteiger partial charge on any atom is -0.341 e. The molecular weight excluding hydrogens is 224 g/mol. The number of rotatable bonds is 5. The van der Waals surface area contributed by atoms with Crippen molar-refractivity contribution in [2.45, 2.75) is 25.8 Å². The van der Waals surface area contributed by atoms with Gasteiger partial charge in [0, 0.05) is 26.6 Å². The standard InChI is InChI=1S/C15H22N2O/c1-16(13-14-7-3-2-4-8-14)15(18)9-12-17-10-5-6-11-17/h2-4,7-8H,5-6,9-13H2,1H3. The maximum Gasteiger partial charge on any atom is 0.223 e. The number of nitrogens with zero attached hydrogens (tertiary/aromatic N) is 2. The highest BCUT2D eigenvalue weighted by Gasteiger charge is 2.14. The molecule has 1 fully saturated rings. The van der Waals surface area contributed by atoms with Gasteiger partial charge in [0.15, 0.2) is 0 Å². The molecule has 0 N–H and O–H groups in total. The lowest BCUT2D eigenvalue weighted by atomic mass is 10.2. The van der Waals surface area contributed by atoms with E-state index >= 15 is 0 Å². The molecule has 0 atom stereocenters. The fourth-order valence-corrected chi connectivity index (χ4v) is 2.40.